The molecule has 1 aromatic heterocycles. The van der Waals surface area contributed by atoms with Crippen LogP contribution in [0.15, 0.2) is 51.4 Å². The van der Waals surface area contributed by atoms with E-state index in [0.717, 1.165) is 21.0 Å². The van der Waals surface area contributed by atoms with Crippen LogP contribution in [0, 0.1) is 6.92 Å². The lowest BCUT2D eigenvalue weighted by atomic mass is 10.0. The molecule has 22 heavy (non-hydrogen) atoms. The van der Waals surface area contributed by atoms with E-state index in [1.165, 1.54) is 0 Å². The number of rotatable bonds is 3. The summed E-state index contributed by atoms with van der Waals surface area (Å²) < 4.78 is 12.1. The van der Waals surface area contributed by atoms with Crippen molar-refractivity contribution in [1.82, 2.24) is 0 Å². The molecule has 3 rings (SSSR count). The Kier molecular flexibility index (Phi) is 4.03. The average Bonchev–Trinajstić information content (AvgIpc) is 2.86. The van der Waals surface area contributed by atoms with Crippen molar-refractivity contribution in [1.29, 1.82) is 0 Å². The first kappa shape index (κ1) is 14.9. The van der Waals surface area contributed by atoms with Gasteiger partial charge in [-0.15, -0.1) is 0 Å². The minimum absolute atomic E-state index is 0.331. The molecular formula is C18H15BrO3. The molecule has 0 spiro atoms. The van der Waals surface area contributed by atoms with Gasteiger partial charge in [0.1, 0.15) is 16.9 Å². The molecule has 0 amide bonds. The Hall–Kier alpha value is -2.07. The molecule has 112 valence electrons. The average molecular weight is 359 g/mol. The predicted octanol–water partition coefficient (Wildman–Crippen LogP) is 5.35. The molecule has 0 aliphatic rings. The maximum absolute atomic E-state index is 12.4. The van der Waals surface area contributed by atoms with Crippen LogP contribution in [0.5, 0.6) is 0 Å². The molecule has 0 radical (unpaired) electrons. The zero-order valence-corrected chi connectivity index (χ0v) is 13.9. The summed E-state index contributed by atoms with van der Waals surface area (Å²) >= 11 is 3.41. The highest BCUT2D eigenvalue weighted by atomic mass is 79.9. The highest BCUT2D eigenvalue weighted by Crippen LogP contribution is 2.35. The van der Waals surface area contributed by atoms with Gasteiger partial charge in [-0.2, -0.15) is 0 Å². The molecule has 0 saturated heterocycles. The molecule has 2 aromatic carbocycles. The van der Waals surface area contributed by atoms with Crippen LogP contribution in [0.4, 0.5) is 0 Å². The van der Waals surface area contributed by atoms with Crippen LogP contribution in [0.2, 0.25) is 0 Å². The third-order valence-electron chi connectivity index (χ3n) is 3.43. The molecule has 0 saturated carbocycles. The predicted molar refractivity (Wildman–Crippen MR) is 90.0 cm³/mol. The number of carbonyl (C=O) groups is 1. The van der Waals surface area contributed by atoms with E-state index in [1.807, 2.05) is 49.4 Å². The van der Waals surface area contributed by atoms with E-state index >= 15 is 0 Å². The number of ether oxygens (including phenoxy) is 1. The Morgan fingerprint density at radius 1 is 1.18 bits per heavy atom. The molecule has 0 fully saturated rings. The van der Waals surface area contributed by atoms with E-state index in [1.54, 1.807) is 6.92 Å². The van der Waals surface area contributed by atoms with Crippen molar-refractivity contribution in [3.63, 3.8) is 0 Å². The summed E-state index contributed by atoms with van der Waals surface area (Å²) in [4.78, 5) is 12.4. The number of esters is 1. The van der Waals surface area contributed by atoms with Gasteiger partial charge in [-0.3, -0.25) is 0 Å². The number of furan rings is 1. The van der Waals surface area contributed by atoms with Crippen molar-refractivity contribution in [2.24, 2.45) is 0 Å². The van der Waals surface area contributed by atoms with Crippen LogP contribution in [0.1, 0.15) is 22.8 Å². The topological polar surface area (TPSA) is 39.4 Å². The summed E-state index contributed by atoms with van der Waals surface area (Å²) in [7, 11) is 0. The molecule has 0 aliphatic carbocycles. The van der Waals surface area contributed by atoms with Gasteiger partial charge in [-0.1, -0.05) is 34.1 Å². The van der Waals surface area contributed by atoms with Gasteiger partial charge < -0.3 is 9.15 Å². The highest BCUT2D eigenvalue weighted by Gasteiger charge is 2.23. The highest BCUT2D eigenvalue weighted by molar-refractivity contribution is 9.10. The first-order valence-corrected chi connectivity index (χ1v) is 7.85. The van der Waals surface area contributed by atoms with Crippen molar-refractivity contribution in [3.05, 3.63) is 58.1 Å². The molecule has 3 nitrogen and oxygen atoms in total. The zero-order valence-electron chi connectivity index (χ0n) is 12.4. The van der Waals surface area contributed by atoms with Crippen molar-refractivity contribution in [2.45, 2.75) is 13.8 Å². The zero-order chi connectivity index (χ0) is 15.7. The van der Waals surface area contributed by atoms with Gasteiger partial charge in [0, 0.05) is 15.4 Å². The summed E-state index contributed by atoms with van der Waals surface area (Å²) in [5.74, 6) is 0.189. The number of hydrogen-bond acceptors (Lipinski definition) is 3. The minimum Gasteiger partial charge on any atom is -0.462 e. The standard InChI is InChI=1S/C18H15BrO3/c1-3-21-18(20)16-14-9-4-11(2)10-15(14)22-17(16)12-5-7-13(19)8-6-12/h4-10H,3H2,1-2H3. The van der Waals surface area contributed by atoms with Gasteiger partial charge in [0.05, 0.1) is 6.61 Å². The lowest BCUT2D eigenvalue weighted by Gasteiger charge is -2.03. The smallest absolute Gasteiger partial charge is 0.342 e. The van der Waals surface area contributed by atoms with Gasteiger partial charge in [-0.05, 0) is 43.7 Å². The fraction of sp³-hybridized carbons (Fsp3) is 0.167. The number of halogens is 1. The summed E-state index contributed by atoms with van der Waals surface area (Å²) in [5.41, 5.74) is 3.11. The van der Waals surface area contributed by atoms with Crippen molar-refractivity contribution in [2.75, 3.05) is 6.61 Å². The molecule has 0 unspecified atom stereocenters. The second-order valence-electron chi connectivity index (χ2n) is 5.03. The number of hydrogen-bond donors (Lipinski definition) is 0. The van der Waals surface area contributed by atoms with E-state index in [-0.39, 0.29) is 5.97 Å². The Balaban J connectivity index is 2.25. The van der Waals surface area contributed by atoms with E-state index in [0.29, 0.717) is 23.5 Å². The molecule has 0 aliphatic heterocycles. The third kappa shape index (κ3) is 2.66. The second-order valence-corrected chi connectivity index (χ2v) is 5.95. The second kappa shape index (κ2) is 5.97. The Labute approximate surface area is 137 Å². The van der Waals surface area contributed by atoms with Crippen LogP contribution in [0.25, 0.3) is 22.3 Å². The number of benzene rings is 2. The monoisotopic (exact) mass is 358 g/mol. The first-order valence-electron chi connectivity index (χ1n) is 7.06. The van der Waals surface area contributed by atoms with Gasteiger partial charge in [0.25, 0.3) is 0 Å². The van der Waals surface area contributed by atoms with E-state index in [9.17, 15) is 4.79 Å². The third-order valence-corrected chi connectivity index (χ3v) is 3.96. The van der Waals surface area contributed by atoms with Crippen LogP contribution in [-0.4, -0.2) is 12.6 Å². The Morgan fingerprint density at radius 3 is 2.59 bits per heavy atom. The lowest BCUT2D eigenvalue weighted by Crippen LogP contribution is -2.05. The van der Waals surface area contributed by atoms with Crippen molar-refractivity contribution in [3.8, 4) is 11.3 Å². The summed E-state index contributed by atoms with van der Waals surface area (Å²) in [6, 6.07) is 13.5. The lowest BCUT2D eigenvalue weighted by molar-refractivity contribution is 0.0529. The van der Waals surface area contributed by atoms with E-state index in [2.05, 4.69) is 15.9 Å². The van der Waals surface area contributed by atoms with Gasteiger partial charge in [0.15, 0.2) is 0 Å². The molecule has 0 atom stereocenters. The molecule has 0 N–H and O–H groups in total. The maximum atomic E-state index is 12.4. The summed E-state index contributed by atoms with van der Waals surface area (Å²) in [5, 5.41) is 0.780. The normalized spacial score (nSPS) is 10.9. The Morgan fingerprint density at radius 2 is 1.91 bits per heavy atom. The van der Waals surface area contributed by atoms with Crippen LogP contribution < -0.4 is 0 Å². The molecule has 3 aromatic rings. The van der Waals surface area contributed by atoms with Crippen LogP contribution in [0.3, 0.4) is 0 Å². The molecular weight excluding hydrogens is 344 g/mol. The van der Waals surface area contributed by atoms with E-state index in [4.69, 9.17) is 9.15 Å². The summed E-state index contributed by atoms with van der Waals surface area (Å²) in [6.07, 6.45) is 0. The fourth-order valence-electron chi connectivity index (χ4n) is 2.41. The fourth-order valence-corrected chi connectivity index (χ4v) is 2.68. The van der Waals surface area contributed by atoms with Crippen LogP contribution in [-0.2, 0) is 4.74 Å². The van der Waals surface area contributed by atoms with Crippen LogP contribution >= 0.6 is 15.9 Å². The maximum Gasteiger partial charge on any atom is 0.342 e. The largest absolute Gasteiger partial charge is 0.462 e. The SMILES string of the molecule is CCOC(=O)c1c(-c2ccc(Br)cc2)oc2cc(C)ccc12. The quantitative estimate of drug-likeness (QED) is 0.592. The van der Waals surface area contributed by atoms with Crippen molar-refractivity contribution < 1.29 is 13.9 Å². The van der Waals surface area contributed by atoms with Gasteiger partial charge in [-0.25, -0.2) is 4.79 Å². The summed E-state index contributed by atoms with van der Waals surface area (Å²) in [6.45, 7) is 4.12. The van der Waals surface area contributed by atoms with Crippen molar-refractivity contribution >= 4 is 32.9 Å². The number of carbonyl (C=O) groups excluding carboxylic acids is 1. The number of aryl methyl sites for hydroxylation is 1. The molecule has 0 bridgehead atoms. The molecule has 1 heterocycles. The molecule has 4 heteroatoms. The minimum atomic E-state index is -0.358. The van der Waals surface area contributed by atoms with Gasteiger partial charge in [0.2, 0.25) is 0 Å². The first-order chi connectivity index (χ1) is 10.6. The number of fused-ring (bicyclic) bond motifs is 1. The van der Waals surface area contributed by atoms with E-state index < -0.39 is 0 Å². The Bertz CT molecular complexity index is 831. The van der Waals surface area contributed by atoms with Gasteiger partial charge >= 0.3 is 5.97 Å².